The van der Waals surface area contributed by atoms with E-state index in [9.17, 15) is 18.0 Å². The van der Waals surface area contributed by atoms with Gasteiger partial charge in [0.05, 0.1) is 23.4 Å². The third-order valence-corrected chi connectivity index (χ3v) is 5.41. The van der Waals surface area contributed by atoms with E-state index in [2.05, 4.69) is 20.5 Å². The van der Waals surface area contributed by atoms with E-state index in [0.717, 1.165) is 25.0 Å². The second kappa shape index (κ2) is 7.25. The highest BCUT2D eigenvalue weighted by atomic mass is 19.4. The van der Waals surface area contributed by atoms with Gasteiger partial charge in [-0.2, -0.15) is 18.3 Å². The lowest BCUT2D eigenvalue weighted by atomic mass is 10.0. The molecule has 1 unspecified atom stereocenters. The monoisotopic (exact) mass is 430 g/mol. The van der Waals surface area contributed by atoms with Gasteiger partial charge in [-0.3, -0.25) is 9.89 Å². The van der Waals surface area contributed by atoms with Crippen LogP contribution < -0.4 is 0 Å². The molecule has 11 heteroatoms. The number of carbonyl (C=O) groups excluding carboxylic acids is 1. The number of amides is 1. The fourth-order valence-corrected chi connectivity index (χ4v) is 3.88. The van der Waals surface area contributed by atoms with Crippen LogP contribution in [0.5, 0.6) is 0 Å². The van der Waals surface area contributed by atoms with Crippen LogP contribution in [0.2, 0.25) is 0 Å². The van der Waals surface area contributed by atoms with Gasteiger partial charge in [-0.25, -0.2) is 4.68 Å². The maximum absolute atomic E-state index is 13.0. The van der Waals surface area contributed by atoms with Crippen LogP contribution in [-0.2, 0) is 6.18 Å². The molecular formula is C20H17F3N6O2. The van der Waals surface area contributed by atoms with Gasteiger partial charge < -0.3 is 9.32 Å². The zero-order chi connectivity index (χ0) is 21.6. The smallest absolute Gasteiger partial charge is 0.416 e. The maximum Gasteiger partial charge on any atom is 0.416 e. The van der Waals surface area contributed by atoms with Crippen molar-refractivity contribution in [3.8, 4) is 11.5 Å². The lowest BCUT2D eigenvalue weighted by Gasteiger charge is -2.32. The molecule has 0 radical (unpaired) electrons. The highest BCUT2D eigenvalue weighted by molar-refractivity contribution is 5.93. The molecular weight excluding hydrogens is 413 g/mol. The quantitative estimate of drug-likeness (QED) is 0.532. The van der Waals surface area contributed by atoms with Crippen LogP contribution in [-0.4, -0.2) is 49.1 Å². The largest absolute Gasteiger partial charge is 0.463 e. The molecule has 1 aliphatic heterocycles. The topological polar surface area (TPSA) is 92.8 Å². The Morgan fingerprint density at radius 3 is 2.87 bits per heavy atom. The Hall–Kier alpha value is -3.63. The lowest BCUT2D eigenvalue weighted by molar-refractivity contribution is -0.137. The first-order chi connectivity index (χ1) is 14.9. The van der Waals surface area contributed by atoms with E-state index in [-0.39, 0.29) is 23.2 Å². The van der Waals surface area contributed by atoms with Crippen LogP contribution >= 0.6 is 0 Å². The molecule has 1 saturated heterocycles. The van der Waals surface area contributed by atoms with Crippen LogP contribution in [0.1, 0.15) is 34.9 Å². The number of carbonyl (C=O) groups is 1. The van der Waals surface area contributed by atoms with Crippen LogP contribution in [0.3, 0.4) is 0 Å². The van der Waals surface area contributed by atoms with Crippen molar-refractivity contribution in [3.63, 3.8) is 0 Å². The average Bonchev–Trinajstić information content (AvgIpc) is 3.52. The van der Waals surface area contributed by atoms with Crippen molar-refractivity contribution in [2.24, 2.45) is 0 Å². The highest BCUT2D eigenvalue weighted by Crippen LogP contribution is 2.32. The molecule has 4 aromatic rings. The number of rotatable bonds is 3. The minimum absolute atomic E-state index is 0.175. The Balaban J connectivity index is 1.36. The van der Waals surface area contributed by atoms with Gasteiger partial charge in [0.2, 0.25) is 0 Å². The Kier molecular flexibility index (Phi) is 4.53. The van der Waals surface area contributed by atoms with E-state index in [1.165, 1.54) is 12.3 Å². The summed E-state index contributed by atoms with van der Waals surface area (Å²) in [6, 6.07) is 8.34. The van der Waals surface area contributed by atoms with Gasteiger partial charge >= 0.3 is 6.18 Å². The number of likely N-dealkylation sites (tertiary alicyclic amines) is 1. The predicted octanol–water partition coefficient (Wildman–Crippen LogP) is 3.91. The fourth-order valence-electron chi connectivity index (χ4n) is 3.88. The van der Waals surface area contributed by atoms with E-state index < -0.39 is 11.7 Å². The van der Waals surface area contributed by atoms with Gasteiger partial charge in [-0.15, -0.1) is 5.10 Å². The third-order valence-electron chi connectivity index (χ3n) is 5.41. The van der Waals surface area contributed by atoms with Crippen molar-refractivity contribution < 1.29 is 22.4 Å². The summed E-state index contributed by atoms with van der Waals surface area (Å²) in [7, 11) is 0. The first kappa shape index (κ1) is 19.3. The summed E-state index contributed by atoms with van der Waals surface area (Å²) in [4.78, 5) is 14.6. The first-order valence-corrected chi connectivity index (χ1v) is 9.71. The molecule has 1 atom stereocenters. The SMILES string of the molecule is O=C(c1cc(-c2ccco2)[nH]n1)N1CCCC(n2nnc3cc(C(F)(F)F)ccc32)C1. The normalized spacial score (nSPS) is 17.4. The zero-order valence-corrected chi connectivity index (χ0v) is 16.1. The summed E-state index contributed by atoms with van der Waals surface area (Å²) in [5.41, 5.74) is 0.786. The summed E-state index contributed by atoms with van der Waals surface area (Å²) < 4.78 is 45.8. The number of alkyl halides is 3. The van der Waals surface area contributed by atoms with Crippen molar-refractivity contribution in [2.75, 3.05) is 13.1 Å². The number of fused-ring (bicyclic) bond motifs is 1. The summed E-state index contributed by atoms with van der Waals surface area (Å²) >= 11 is 0. The van der Waals surface area contributed by atoms with Crippen molar-refractivity contribution in [1.82, 2.24) is 30.1 Å². The Morgan fingerprint density at radius 1 is 1.23 bits per heavy atom. The van der Waals surface area contributed by atoms with E-state index in [1.807, 2.05) is 0 Å². The fraction of sp³-hybridized carbons (Fsp3) is 0.300. The van der Waals surface area contributed by atoms with Crippen molar-refractivity contribution in [3.05, 3.63) is 53.9 Å². The van der Waals surface area contributed by atoms with E-state index in [1.54, 1.807) is 27.8 Å². The zero-order valence-electron chi connectivity index (χ0n) is 16.1. The minimum Gasteiger partial charge on any atom is -0.463 e. The van der Waals surface area contributed by atoms with Crippen LogP contribution in [0.15, 0.2) is 47.1 Å². The second-order valence-corrected chi connectivity index (χ2v) is 7.43. The number of halogens is 3. The van der Waals surface area contributed by atoms with Crippen molar-refractivity contribution in [1.29, 1.82) is 0 Å². The minimum atomic E-state index is -4.44. The molecule has 1 aromatic carbocycles. The first-order valence-electron chi connectivity index (χ1n) is 9.71. The van der Waals surface area contributed by atoms with Crippen molar-refractivity contribution >= 4 is 16.9 Å². The molecule has 8 nitrogen and oxygen atoms in total. The number of aromatic amines is 1. The van der Waals surface area contributed by atoms with Gasteiger partial charge in [0, 0.05) is 19.2 Å². The van der Waals surface area contributed by atoms with Crippen molar-refractivity contribution in [2.45, 2.75) is 25.1 Å². The summed E-state index contributed by atoms with van der Waals surface area (Å²) in [6.07, 6.45) is -1.44. The standard InChI is InChI=1S/C20H17F3N6O2/c21-20(22,23)12-5-6-17-14(9-12)26-27-29(17)13-3-1-7-28(11-13)19(30)16-10-15(24-25-16)18-4-2-8-31-18/h2,4-6,8-10,13H,1,3,7,11H2,(H,24,25). The number of hydrogen-bond acceptors (Lipinski definition) is 5. The summed E-state index contributed by atoms with van der Waals surface area (Å²) in [5, 5.41) is 14.9. The van der Waals surface area contributed by atoms with Crippen LogP contribution in [0, 0.1) is 0 Å². The van der Waals surface area contributed by atoms with E-state index in [0.29, 0.717) is 30.1 Å². The summed E-state index contributed by atoms with van der Waals surface area (Å²) in [6.45, 7) is 0.921. The van der Waals surface area contributed by atoms with Gasteiger partial charge in [-0.05, 0) is 43.2 Å². The highest BCUT2D eigenvalue weighted by Gasteiger charge is 2.32. The molecule has 3 aromatic heterocycles. The molecule has 0 spiro atoms. The lowest BCUT2D eigenvalue weighted by Crippen LogP contribution is -2.41. The number of furan rings is 1. The van der Waals surface area contributed by atoms with Gasteiger partial charge in [0.25, 0.3) is 5.91 Å². The molecule has 0 aliphatic carbocycles. The second-order valence-electron chi connectivity index (χ2n) is 7.43. The molecule has 31 heavy (non-hydrogen) atoms. The Labute approximate surface area is 173 Å². The molecule has 0 bridgehead atoms. The molecule has 0 saturated carbocycles. The van der Waals surface area contributed by atoms with Gasteiger partial charge in [0.15, 0.2) is 11.5 Å². The number of aromatic nitrogens is 5. The molecule has 160 valence electrons. The van der Waals surface area contributed by atoms with Gasteiger partial charge in [-0.1, -0.05) is 5.21 Å². The molecule has 1 amide bonds. The Morgan fingerprint density at radius 2 is 2.10 bits per heavy atom. The predicted molar refractivity (Wildman–Crippen MR) is 103 cm³/mol. The van der Waals surface area contributed by atoms with Crippen LogP contribution in [0.4, 0.5) is 13.2 Å². The number of benzene rings is 1. The average molecular weight is 430 g/mol. The molecule has 4 heterocycles. The number of H-pyrrole nitrogens is 1. The molecule has 1 aliphatic rings. The molecule has 1 N–H and O–H groups in total. The number of hydrogen-bond donors (Lipinski definition) is 1. The van der Waals surface area contributed by atoms with E-state index in [4.69, 9.17) is 4.42 Å². The number of piperidine rings is 1. The van der Waals surface area contributed by atoms with Gasteiger partial charge in [0.1, 0.15) is 11.2 Å². The third kappa shape index (κ3) is 3.56. The Bertz CT molecular complexity index is 1230. The maximum atomic E-state index is 13.0. The summed E-state index contributed by atoms with van der Waals surface area (Å²) in [5.74, 6) is 0.345. The van der Waals surface area contributed by atoms with E-state index >= 15 is 0 Å². The molecule has 5 rings (SSSR count). The molecule has 1 fully saturated rings. The van der Waals surface area contributed by atoms with Crippen LogP contribution in [0.25, 0.3) is 22.5 Å². The number of nitrogens with zero attached hydrogens (tertiary/aromatic N) is 5. The number of nitrogens with one attached hydrogen (secondary N) is 1.